The number of aryl methyl sites for hydroxylation is 1. The van der Waals surface area contributed by atoms with Crippen molar-refractivity contribution >= 4 is 16.1 Å². The summed E-state index contributed by atoms with van der Waals surface area (Å²) < 4.78 is 42.0. The molecule has 176 valence electrons. The Labute approximate surface area is 192 Å². The molecule has 0 saturated heterocycles. The number of carbonyl (C=O) groups is 1. The molecule has 3 atom stereocenters. The minimum Gasteiger partial charge on any atom is -0.469 e. The van der Waals surface area contributed by atoms with E-state index in [1.807, 2.05) is 51.1 Å². The molecule has 32 heavy (non-hydrogen) atoms. The second-order valence-electron chi connectivity index (χ2n) is 8.34. The molecule has 0 radical (unpaired) electrons. The number of carbonyl (C=O) groups excluding carboxylic acids is 1. The average molecular weight is 463 g/mol. The normalized spacial score (nSPS) is 14.5. The van der Waals surface area contributed by atoms with E-state index in [9.17, 15) is 13.2 Å². The van der Waals surface area contributed by atoms with Crippen LogP contribution in [0.5, 0.6) is 0 Å². The zero-order chi connectivity index (χ0) is 23.6. The highest BCUT2D eigenvalue weighted by Gasteiger charge is 2.27. The molecule has 0 aliphatic heterocycles. The van der Waals surface area contributed by atoms with Crippen molar-refractivity contribution in [2.24, 2.45) is 11.8 Å². The summed E-state index contributed by atoms with van der Waals surface area (Å²) in [6.45, 7) is 6.56. The van der Waals surface area contributed by atoms with Crippen LogP contribution in [0.4, 0.5) is 0 Å². The summed E-state index contributed by atoms with van der Waals surface area (Å²) in [5, 5.41) is 0. The van der Waals surface area contributed by atoms with Crippen molar-refractivity contribution in [3.8, 4) is 0 Å². The molecular formula is C25H34O6S. The molecule has 2 rings (SSSR count). The zero-order valence-electron chi connectivity index (χ0n) is 19.3. The Hall–Kier alpha value is -2.22. The third-order valence-corrected chi connectivity index (χ3v) is 6.72. The first kappa shape index (κ1) is 26.0. The number of hydrogen-bond donors (Lipinski definition) is 0. The van der Waals surface area contributed by atoms with Gasteiger partial charge in [-0.1, -0.05) is 61.9 Å². The van der Waals surface area contributed by atoms with Crippen LogP contribution in [-0.4, -0.2) is 34.2 Å². The fourth-order valence-corrected chi connectivity index (χ4v) is 4.51. The molecule has 7 heteroatoms. The molecule has 6 nitrogen and oxygen atoms in total. The first-order chi connectivity index (χ1) is 15.2. The molecule has 0 N–H and O–H groups in total. The SMILES string of the molecule is COC(=O)C[C@H](C)CC[C@H](OS(=O)(=O)c1ccc(C)cc1)[C@@H](C)COCc1ccccc1. The second kappa shape index (κ2) is 12.7. The van der Waals surface area contributed by atoms with Crippen molar-refractivity contribution in [3.05, 3.63) is 65.7 Å². The summed E-state index contributed by atoms with van der Waals surface area (Å²) in [7, 11) is -2.56. The van der Waals surface area contributed by atoms with Crippen LogP contribution in [0, 0.1) is 18.8 Å². The van der Waals surface area contributed by atoms with Crippen LogP contribution in [0.1, 0.15) is 44.2 Å². The summed E-state index contributed by atoms with van der Waals surface area (Å²) in [5.41, 5.74) is 2.02. The van der Waals surface area contributed by atoms with Gasteiger partial charge in [0.25, 0.3) is 10.1 Å². The smallest absolute Gasteiger partial charge is 0.305 e. The molecule has 0 spiro atoms. The van der Waals surface area contributed by atoms with Crippen LogP contribution in [0.2, 0.25) is 0 Å². The number of ether oxygens (including phenoxy) is 2. The summed E-state index contributed by atoms with van der Waals surface area (Å²) in [5.74, 6) is -0.390. The highest BCUT2D eigenvalue weighted by Crippen LogP contribution is 2.24. The highest BCUT2D eigenvalue weighted by atomic mass is 32.2. The molecule has 2 aromatic rings. The van der Waals surface area contributed by atoms with Gasteiger partial charge in [0, 0.05) is 12.3 Å². The summed E-state index contributed by atoms with van der Waals surface area (Å²) in [4.78, 5) is 11.7. The van der Waals surface area contributed by atoms with Crippen LogP contribution in [0.25, 0.3) is 0 Å². The number of esters is 1. The van der Waals surface area contributed by atoms with Gasteiger partial charge in [-0.05, 0) is 43.4 Å². The Morgan fingerprint density at radius 1 is 0.969 bits per heavy atom. The fourth-order valence-electron chi connectivity index (χ4n) is 3.31. The summed E-state index contributed by atoms with van der Waals surface area (Å²) in [6, 6.07) is 16.4. The van der Waals surface area contributed by atoms with E-state index in [-0.39, 0.29) is 29.1 Å². The topological polar surface area (TPSA) is 78.9 Å². The Bertz CT molecular complexity index is 925. The quantitative estimate of drug-likeness (QED) is 0.311. The number of hydrogen-bond acceptors (Lipinski definition) is 6. The molecule has 0 amide bonds. The van der Waals surface area contributed by atoms with Gasteiger partial charge in [0.15, 0.2) is 0 Å². The summed E-state index contributed by atoms with van der Waals surface area (Å²) >= 11 is 0. The molecule has 0 aliphatic carbocycles. The van der Waals surface area contributed by atoms with E-state index in [0.717, 1.165) is 11.1 Å². The molecule has 0 aliphatic rings. The molecule has 0 saturated carbocycles. The van der Waals surface area contributed by atoms with Crippen LogP contribution < -0.4 is 0 Å². The van der Waals surface area contributed by atoms with E-state index >= 15 is 0 Å². The standard InChI is InChI=1S/C25H34O6S/c1-19-10-13-23(14-11-19)32(27,28)31-24(15-12-20(2)16-25(26)29-4)21(3)17-30-18-22-8-6-5-7-9-22/h5-11,13-14,20-21,24H,12,15-18H2,1-4H3/t20-,21+,24+/m1/s1. The minimum atomic E-state index is -3.92. The van der Waals surface area contributed by atoms with E-state index in [4.69, 9.17) is 13.7 Å². The number of benzene rings is 2. The summed E-state index contributed by atoms with van der Waals surface area (Å²) in [6.07, 6.45) is 0.829. The van der Waals surface area contributed by atoms with Crippen LogP contribution in [0.3, 0.4) is 0 Å². The third-order valence-electron chi connectivity index (χ3n) is 5.37. The number of methoxy groups -OCH3 is 1. The van der Waals surface area contributed by atoms with Gasteiger partial charge >= 0.3 is 5.97 Å². The van der Waals surface area contributed by atoms with Gasteiger partial charge in [0.05, 0.1) is 31.3 Å². The fraction of sp³-hybridized carbons (Fsp3) is 0.480. The lowest BCUT2D eigenvalue weighted by molar-refractivity contribution is -0.141. The Kier molecular flexibility index (Phi) is 10.4. The lowest BCUT2D eigenvalue weighted by atomic mass is 9.94. The van der Waals surface area contributed by atoms with Crippen molar-refractivity contribution in [2.45, 2.75) is 57.6 Å². The van der Waals surface area contributed by atoms with E-state index in [2.05, 4.69) is 0 Å². The molecule has 2 aromatic carbocycles. The van der Waals surface area contributed by atoms with Gasteiger partial charge < -0.3 is 9.47 Å². The maximum absolute atomic E-state index is 12.9. The van der Waals surface area contributed by atoms with Gasteiger partial charge in [0.1, 0.15) is 0 Å². The highest BCUT2D eigenvalue weighted by molar-refractivity contribution is 7.86. The van der Waals surface area contributed by atoms with Gasteiger partial charge in [-0.15, -0.1) is 0 Å². The van der Waals surface area contributed by atoms with Crippen LogP contribution in [-0.2, 0) is 35.2 Å². The monoisotopic (exact) mass is 462 g/mol. The lowest BCUT2D eigenvalue weighted by Crippen LogP contribution is -2.29. The largest absolute Gasteiger partial charge is 0.469 e. The van der Waals surface area contributed by atoms with E-state index in [0.29, 0.717) is 26.1 Å². The van der Waals surface area contributed by atoms with Crippen molar-refractivity contribution in [2.75, 3.05) is 13.7 Å². The third kappa shape index (κ3) is 8.73. The van der Waals surface area contributed by atoms with Gasteiger partial charge in [0.2, 0.25) is 0 Å². The van der Waals surface area contributed by atoms with Crippen molar-refractivity contribution < 1.29 is 26.9 Å². The Balaban J connectivity index is 2.04. The van der Waals surface area contributed by atoms with E-state index in [1.54, 1.807) is 24.3 Å². The minimum absolute atomic E-state index is 0.0491. The Morgan fingerprint density at radius 2 is 1.62 bits per heavy atom. The van der Waals surface area contributed by atoms with E-state index in [1.165, 1.54) is 7.11 Å². The molecule has 0 aromatic heterocycles. The molecular weight excluding hydrogens is 428 g/mol. The first-order valence-electron chi connectivity index (χ1n) is 10.9. The van der Waals surface area contributed by atoms with Crippen molar-refractivity contribution in [1.82, 2.24) is 0 Å². The molecule has 0 bridgehead atoms. The first-order valence-corrected chi connectivity index (χ1v) is 12.3. The maximum atomic E-state index is 12.9. The maximum Gasteiger partial charge on any atom is 0.305 e. The van der Waals surface area contributed by atoms with E-state index < -0.39 is 16.2 Å². The van der Waals surface area contributed by atoms with Gasteiger partial charge in [-0.2, -0.15) is 8.42 Å². The van der Waals surface area contributed by atoms with Crippen molar-refractivity contribution in [3.63, 3.8) is 0 Å². The average Bonchev–Trinajstić information content (AvgIpc) is 2.77. The lowest BCUT2D eigenvalue weighted by Gasteiger charge is -2.25. The predicted octanol–water partition coefficient (Wildman–Crippen LogP) is 4.90. The van der Waals surface area contributed by atoms with Crippen LogP contribution in [0.15, 0.2) is 59.5 Å². The molecule has 0 unspecified atom stereocenters. The van der Waals surface area contributed by atoms with Crippen LogP contribution >= 0.6 is 0 Å². The second-order valence-corrected chi connectivity index (χ2v) is 9.91. The van der Waals surface area contributed by atoms with Crippen molar-refractivity contribution in [1.29, 1.82) is 0 Å². The molecule has 0 fully saturated rings. The van der Waals surface area contributed by atoms with Gasteiger partial charge in [-0.3, -0.25) is 8.98 Å². The Morgan fingerprint density at radius 3 is 2.25 bits per heavy atom. The van der Waals surface area contributed by atoms with Gasteiger partial charge in [-0.25, -0.2) is 0 Å². The predicted molar refractivity (Wildman–Crippen MR) is 124 cm³/mol. The zero-order valence-corrected chi connectivity index (χ0v) is 20.1. The number of rotatable bonds is 13. The molecule has 0 heterocycles.